The van der Waals surface area contributed by atoms with Crippen molar-refractivity contribution in [1.82, 2.24) is 9.80 Å². The summed E-state index contributed by atoms with van der Waals surface area (Å²) in [5.74, 6) is -1.75. The Morgan fingerprint density at radius 3 is 0.746 bits per heavy atom. The van der Waals surface area contributed by atoms with Gasteiger partial charge in [-0.1, -0.05) is 48.5 Å². The predicted octanol–water partition coefficient (Wildman–Crippen LogP) is 12.0. The molecule has 0 aliphatic heterocycles. The van der Waals surface area contributed by atoms with E-state index in [4.69, 9.17) is 85.4 Å². The van der Waals surface area contributed by atoms with Gasteiger partial charge < -0.3 is 131 Å². The molecule has 138 heavy (non-hydrogen) atoms. The molecular weight excluding hydrogens is 1990 g/mol. The second kappa shape index (κ2) is 58.6. The number of hydrogen-bond donors (Lipinski definition) is 10. The van der Waals surface area contributed by atoms with Gasteiger partial charge in [-0.15, -0.1) is 0 Å². The summed E-state index contributed by atoms with van der Waals surface area (Å²) in [5.41, 5.74) is 7.76. The van der Waals surface area contributed by atoms with Crippen LogP contribution in [0.2, 0.25) is 157 Å². The van der Waals surface area contributed by atoms with E-state index in [-0.39, 0.29) is 156 Å². The van der Waals surface area contributed by atoms with Gasteiger partial charge in [-0.2, -0.15) is 0 Å². The van der Waals surface area contributed by atoms with Crippen LogP contribution in [0.5, 0.6) is 0 Å². The molecule has 0 saturated heterocycles. The zero-order valence-corrected chi connectivity index (χ0v) is 98.9. The van der Waals surface area contributed by atoms with E-state index >= 15 is 0 Å². The van der Waals surface area contributed by atoms with Crippen LogP contribution < -0.4 is 21.3 Å². The molecular formula is C88H162N6O32Si12. The Morgan fingerprint density at radius 2 is 0.486 bits per heavy atom. The maximum atomic E-state index is 13.0. The molecule has 0 aliphatic rings. The number of aryl methyl sites for hydroxylation is 4. The number of ether oxygens (including phenoxy) is 10. The van der Waals surface area contributed by atoms with Crippen molar-refractivity contribution in [2.75, 3.05) is 177 Å². The minimum absolute atomic E-state index is 0.00325. The number of anilines is 4. The second-order valence-electron chi connectivity index (χ2n) is 40.3. The van der Waals surface area contributed by atoms with Gasteiger partial charge in [0, 0.05) is 48.9 Å². The quantitative estimate of drug-likeness (QED) is 0.00849. The first-order chi connectivity index (χ1) is 63.8. The summed E-state index contributed by atoms with van der Waals surface area (Å²) < 4.78 is 108. The average molecular weight is 2150 g/mol. The van der Waals surface area contributed by atoms with E-state index in [0.717, 1.165) is 22.3 Å². The highest BCUT2D eigenvalue weighted by molar-refractivity contribution is 6.90. The van der Waals surface area contributed by atoms with E-state index in [2.05, 4.69) is 47.5 Å². The van der Waals surface area contributed by atoms with Crippen LogP contribution in [0, 0.1) is 27.7 Å². The Kier molecular flexibility index (Phi) is 53.5. The summed E-state index contributed by atoms with van der Waals surface area (Å²) in [6.45, 7) is 55.3. The maximum absolute atomic E-state index is 13.0. The molecule has 38 nitrogen and oxygen atoms in total. The molecule has 4 rings (SSSR count). The van der Waals surface area contributed by atoms with E-state index in [1.165, 1.54) is 9.80 Å². The van der Waals surface area contributed by atoms with E-state index in [9.17, 15) is 63.9 Å². The Morgan fingerprint density at radius 1 is 0.261 bits per heavy atom. The number of esters is 4. The molecule has 0 aliphatic carbocycles. The summed E-state index contributed by atoms with van der Waals surface area (Å²) >= 11 is 0. The van der Waals surface area contributed by atoms with Crippen molar-refractivity contribution in [2.24, 2.45) is 0 Å². The van der Waals surface area contributed by atoms with Gasteiger partial charge in [-0.3, -0.25) is 29.8 Å². The first kappa shape index (κ1) is 126. The van der Waals surface area contributed by atoms with Crippen LogP contribution in [0.4, 0.5) is 41.9 Å². The van der Waals surface area contributed by atoms with Crippen molar-refractivity contribution in [3.8, 4) is 0 Å². The van der Waals surface area contributed by atoms with Crippen molar-refractivity contribution in [3.63, 3.8) is 0 Å². The number of urea groups is 2. The van der Waals surface area contributed by atoms with E-state index in [0.29, 0.717) is 69.9 Å². The minimum atomic E-state index is -2.81. The molecule has 0 radical (unpaired) electrons. The lowest BCUT2D eigenvalue weighted by atomic mass is 10.1. The number of aliphatic hydroxyl groups is 6. The lowest BCUT2D eigenvalue weighted by Gasteiger charge is -2.38. The van der Waals surface area contributed by atoms with Crippen molar-refractivity contribution < 1.29 is 149 Å². The number of benzene rings is 4. The van der Waals surface area contributed by atoms with E-state index in [1.807, 2.05) is 171 Å². The Labute approximate surface area is 829 Å². The van der Waals surface area contributed by atoms with Gasteiger partial charge in [0.1, 0.15) is 38.5 Å². The number of rotatable bonds is 62. The molecule has 0 spiro atoms. The Balaban J connectivity index is 0.000000721. The summed E-state index contributed by atoms with van der Waals surface area (Å²) in [7, 11) is -29.6. The van der Waals surface area contributed by atoms with Gasteiger partial charge in [-0.25, -0.2) is 19.2 Å². The largest absolute Gasteiger partial charge is 0.466 e. The topological polar surface area (TPSA) is 479 Å². The molecule has 6 amide bonds. The van der Waals surface area contributed by atoms with Gasteiger partial charge >= 0.3 is 82.4 Å². The van der Waals surface area contributed by atoms with Crippen LogP contribution in [0.15, 0.2) is 72.8 Å². The van der Waals surface area contributed by atoms with Crippen LogP contribution in [0.1, 0.15) is 44.5 Å². The van der Waals surface area contributed by atoms with E-state index in [1.54, 1.807) is 60.7 Å². The van der Waals surface area contributed by atoms with Gasteiger partial charge in [0.15, 0.2) is 0 Å². The number of carbonyl (C=O) groups is 8. The number of aliphatic hydroxyl groups excluding tert-OH is 6. The molecule has 784 valence electrons. The van der Waals surface area contributed by atoms with Crippen molar-refractivity contribution in [3.05, 3.63) is 117 Å². The Bertz CT molecular complexity index is 4490. The number of hydrogen-bond acceptors (Lipinski definition) is 32. The number of carbonyl (C=O) groups excluding carboxylic acids is 8. The molecule has 0 bridgehead atoms. The molecule has 0 unspecified atom stereocenters. The SMILES string of the molecule is Cc1ccc(CC(=O)OCCOC[Si](C)(C)O[Si](C)(C)O[Si](C)(C)COCCO)cc1NC(=O)OCCOC[Si](C)(C)O[Si](C)(C)O[Si](C)(C)COCCOC(=O)Cc1ccc(C)c(NC(=O)N(CCO)CCO)c1.Cc1ccc(CC(=O)OC[Si](C)(C)O[Si](C)(C)O[Si](C)(C)CO)cc1NC(=O)OC[Si](C)(C)O[Si](C)(C)O[Si](C)(C)COC(=O)Cc1ccc(C)c(NC(=O)N(CCO)CCO)c1. The van der Waals surface area contributed by atoms with Crippen LogP contribution in [0.3, 0.4) is 0 Å². The van der Waals surface area contributed by atoms with Gasteiger partial charge in [0.05, 0.1) is 116 Å². The van der Waals surface area contributed by atoms with Gasteiger partial charge in [0.25, 0.3) is 0 Å². The fourth-order valence-electron chi connectivity index (χ4n) is 14.7. The first-order valence-electron chi connectivity index (χ1n) is 46.4. The standard InChI is InChI=1S/C48H89N3O18Si6.C40H73N3O14Si6/c1-39-15-17-41(31-43(39)49-47(57)51(19-21-52)20-22-53)33-45(55)63-28-25-60-37-72(7,8)68-75(13,14)69-73(9,10)38-62-27-30-65-48(58)50-44-32-42(18-16-40(44)2)34-46(56)64-29-26-61-36-71(5,6)67-74(11,12)66-70(3,4)35-59-24-23-54;1-31-15-17-33(23-35(31)41-39(49)43(19-21-44)20-22-45)25-37(47)52-29-60(7,8)56-63(13,14)57-61(9,10)30-53-40(50)42-36-24-34(18-16-32(36)2)26-38(48)51-28-59(5,6)55-62(11,12)54-58(3,4)27-46/h15-18,31-32,52-54H,19-30,33-38H2,1-14H3,(H,49,57)(H,50,58);15-18,23-24,44-46H,19-22,25-30H2,1-14H3,(H,41,49)(H,42,50). The third-order valence-electron chi connectivity index (χ3n) is 19.4. The zero-order valence-electron chi connectivity index (χ0n) is 86.9. The van der Waals surface area contributed by atoms with Crippen molar-refractivity contribution in [2.45, 2.75) is 211 Å². The summed E-state index contributed by atoms with van der Waals surface area (Å²) in [4.78, 5) is 105. The smallest absolute Gasteiger partial charge is 0.411 e. The van der Waals surface area contributed by atoms with Crippen LogP contribution in [-0.4, -0.2) is 345 Å². The maximum Gasteiger partial charge on any atom is 0.411 e. The minimum Gasteiger partial charge on any atom is -0.466 e. The highest BCUT2D eigenvalue weighted by Gasteiger charge is 2.45. The van der Waals surface area contributed by atoms with Crippen molar-refractivity contribution in [1.29, 1.82) is 0 Å². The molecule has 4 aromatic carbocycles. The molecule has 50 heteroatoms. The third kappa shape index (κ3) is 53.9. The first-order valence-corrected chi connectivity index (χ1v) is 82.6. The second-order valence-corrected chi connectivity index (χ2v) is 88.6. The zero-order chi connectivity index (χ0) is 105. The highest BCUT2D eigenvalue weighted by Crippen LogP contribution is 2.30. The lowest BCUT2D eigenvalue weighted by molar-refractivity contribution is -0.145. The van der Waals surface area contributed by atoms with E-state index < -0.39 is 149 Å². The van der Waals surface area contributed by atoms with Gasteiger partial charge in [-0.05, 0) is 254 Å². The molecule has 0 saturated carbocycles. The summed E-state index contributed by atoms with van der Waals surface area (Å²) in [6.07, 6.45) is 0.521. The van der Waals surface area contributed by atoms with Crippen LogP contribution in [-0.2, 0) is 125 Å². The third-order valence-corrected chi connectivity index (χ3v) is 59.6. The number of amides is 6. The lowest BCUT2D eigenvalue weighted by Crippen LogP contribution is -2.55. The normalized spacial score (nSPS) is 12.7. The molecule has 0 fully saturated rings. The molecule has 4 aromatic rings. The fraction of sp³-hybridized carbons (Fsp3) is 0.636. The molecule has 0 heterocycles. The highest BCUT2D eigenvalue weighted by atomic mass is 28.5. The fourth-order valence-corrected chi connectivity index (χ4v) is 65.4. The average Bonchev–Trinajstić information content (AvgIpc) is 0.844. The molecule has 0 aromatic heterocycles. The van der Waals surface area contributed by atoms with Crippen molar-refractivity contribution >= 4 is 172 Å². The molecule has 10 N–H and O–H groups in total. The number of nitrogens with one attached hydrogen (secondary N) is 4. The number of nitrogens with zero attached hydrogens (tertiary/aromatic N) is 2. The monoisotopic (exact) mass is 2150 g/mol. The predicted molar refractivity (Wildman–Crippen MR) is 559 cm³/mol. The molecule has 0 atom stereocenters. The van der Waals surface area contributed by atoms with Crippen LogP contribution in [0.25, 0.3) is 0 Å². The summed E-state index contributed by atoms with van der Waals surface area (Å²) in [5, 5.41) is 66.8. The van der Waals surface area contributed by atoms with Crippen LogP contribution >= 0.6 is 0 Å². The Hall–Kier alpha value is -6.28. The van der Waals surface area contributed by atoms with Gasteiger partial charge in [0.2, 0.25) is 66.5 Å². The summed E-state index contributed by atoms with van der Waals surface area (Å²) in [6, 6.07) is 20.3.